The van der Waals surface area contributed by atoms with Crippen LogP contribution < -0.4 is 0 Å². The predicted molar refractivity (Wildman–Crippen MR) is 64.8 cm³/mol. The van der Waals surface area contributed by atoms with Crippen LogP contribution in [0, 0.1) is 6.92 Å². The predicted octanol–water partition coefficient (Wildman–Crippen LogP) is 1.87. The average Bonchev–Trinajstić information content (AvgIpc) is 2.26. The second-order valence-electron chi connectivity index (χ2n) is 3.25. The summed E-state index contributed by atoms with van der Waals surface area (Å²) in [5, 5.41) is 0. The topological polar surface area (TPSA) is 52.1 Å². The summed E-state index contributed by atoms with van der Waals surface area (Å²) in [6.07, 6.45) is 4.42. The molecule has 0 saturated heterocycles. The number of rotatable bonds is 5. The van der Waals surface area contributed by atoms with E-state index in [1.165, 1.54) is 0 Å². The maximum absolute atomic E-state index is 11.5. The third-order valence-corrected chi connectivity index (χ3v) is 2.67. The van der Waals surface area contributed by atoms with Gasteiger partial charge in [-0.05, 0) is 20.1 Å². The summed E-state index contributed by atoms with van der Waals surface area (Å²) in [7, 11) is 0. The third-order valence-electron chi connectivity index (χ3n) is 2.05. The summed E-state index contributed by atoms with van der Waals surface area (Å²) < 4.78 is 4.91. The minimum atomic E-state index is -0.351. The van der Waals surface area contributed by atoms with Crippen molar-refractivity contribution in [2.24, 2.45) is 0 Å². The van der Waals surface area contributed by atoms with Gasteiger partial charge in [0.15, 0.2) is 0 Å². The number of aryl methyl sites for hydroxylation is 2. The van der Waals surface area contributed by atoms with E-state index in [1.807, 2.05) is 6.26 Å². The number of esters is 1. The van der Waals surface area contributed by atoms with Crippen molar-refractivity contribution in [1.29, 1.82) is 0 Å². The number of thioether (sulfide) groups is 1. The summed E-state index contributed by atoms with van der Waals surface area (Å²) in [5.41, 5.74) is 1.14. The zero-order valence-corrected chi connectivity index (χ0v) is 10.6. The summed E-state index contributed by atoms with van der Waals surface area (Å²) in [6, 6.07) is 0. The standard InChI is InChI=1S/C11H16N2O2S/c1-4-15-11(14)9-7-12-10(5-6-16-3)13-8(9)2/h7H,4-6H2,1-3H3. The van der Waals surface area contributed by atoms with Crippen molar-refractivity contribution in [2.45, 2.75) is 20.3 Å². The Bertz CT molecular complexity index is 369. The van der Waals surface area contributed by atoms with Gasteiger partial charge in [-0.1, -0.05) is 0 Å². The van der Waals surface area contributed by atoms with Gasteiger partial charge in [-0.3, -0.25) is 0 Å². The lowest BCUT2D eigenvalue weighted by Gasteiger charge is -2.05. The van der Waals surface area contributed by atoms with E-state index < -0.39 is 0 Å². The monoisotopic (exact) mass is 240 g/mol. The third kappa shape index (κ3) is 3.48. The van der Waals surface area contributed by atoms with Crippen LogP contribution in [-0.4, -0.2) is 34.6 Å². The largest absolute Gasteiger partial charge is 0.462 e. The molecule has 4 nitrogen and oxygen atoms in total. The lowest BCUT2D eigenvalue weighted by atomic mass is 10.2. The average molecular weight is 240 g/mol. The number of carbonyl (C=O) groups excluding carboxylic acids is 1. The highest BCUT2D eigenvalue weighted by Gasteiger charge is 2.12. The fourth-order valence-corrected chi connectivity index (χ4v) is 1.62. The normalized spacial score (nSPS) is 10.2. The van der Waals surface area contributed by atoms with Gasteiger partial charge < -0.3 is 4.74 Å². The molecule has 16 heavy (non-hydrogen) atoms. The molecule has 0 fully saturated rings. The van der Waals surface area contributed by atoms with Gasteiger partial charge in [0.1, 0.15) is 5.82 Å². The molecule has 0 aliphatic carbocycles. The van der Waals surface area contributed by atoms with Gasteiger partial charge in [0.2, 0.25) is 0 Å². The molecule has 1 aromatic rings. The van der Waals surface area contributed by atoms with Crippen LogP contribution in [0.1, 0.15) is 28.8 Å². The highest BCUT2D eigenvalue weighted by molar-refractivity contribution is 7.98. The first-order chi connectivity index (χ1) is 7.69. The lowest BCUT2D eigenvalue weighted by molar-refractivity contribution is 0.0524. The van der Waals surface area contributed by atoms with Gasteiger partial charge in [-0.2, -0.15) is 11.8 Å². The quantitative estimate of drug-likeness (QED) is 0.735. The van der Waals surface area contributed by atoms with Gasteiger partial charge in [-0.25, -0.2) is 14.8 Å². The first-order valence-corrected chi connectivity index (χ1v) is 6.57. The fraction of sp³-hybridized carbons (Fsp3) is 0.545. The van der Waals surface area contributed by atoms with Crippen molar-refractivity contribution in [1.82, 2.24) is 9.97 Å². The molecule has 5 heteroatoms. The summed E-state index contributed by atoms with van der Waals surface area (Å²) in [6.45, 7) is 3.95. The van der Waals surface area contributed by atoms with Gasteiger partial charge >= 0.3 is 5.97 Å². The Labute approximate surface area is 99.8 Å². The molecule has 1 heterocycles. The Morgan fingerprint density at radius 2 is 2.31 bits per heavy atom. The molecular weight excluding hydrogens is 224 g/mol. The first kappa shape index (κ1) is 13.0. The smallest absolute Gasteiger partial charge is 0.341 e. The molecule has 0 radical (unpaired) electrons. The number of ether oxygens (including phenoxy) is 1. The Morgan fingerprint density at radius 1 is 1.56 bits per heavy atom. The molecule has 0 spiro atoms. The maximum Gasteiger partial charge on any atom is 0.341 e. The number of carbonyl (C=O) groups is 1. The Balaban J connectivity index is 2.78. The second kappa shape index (κ2) is 6.48. The molecule has 0 unspecified atom stereocenters. The van der Waals surface area contributed by atoms with E-state index in [0.717, 1.165) is 18.0 Å². The second-order valence-corrected chi connectivity index (χ2v) is 4.23. The van der Waals surface area contributed by atoms with Crippen LogP contribution in [0.25, 0.3) is 0 Å². The molecular formula is C11H16N2O2S. The number of hydrogen-bond acceptors (Lipinski definition) is 5. The van der Waals surface area contributed by atoms with Crippen LogP contribution >= 0.6 is 11.8 Å². The summed E-state index contributed by atoms with van der Waals surface area (Å²) >= 11 is 1.75. The molecule has 0 aliphatic heterocycles. The van der Waals surface area contributed by atoms with E-state index in [4.69, 9.17) is 4.74 Å². The van der Waals surface area contributed by atoms with Gasteiger partial charge in [0, 0.05) is 18.4 Å². The van der Waals surface area contributed by atoms with Crippen molar-refractivity contribution in [3.05, 3.63) is 23.3 Å². The van der Waals surface area contributed by atoms with Gasteiger partial charge in [0.25, 0.3) is 0 Å². The number of hydrogen-bond donors (Lipinski definition) is 0. The Morgan fingerprint density at radius 3 is 2.88 bits per heavy atom. The van der Waals surface area contributed by atoms with Gasteiger partial charge in [0.05, 0.1) is 17.9 Å². The molecule has 1 rings (SSSR count). The highest BCUT2D eigenvalue weighted by Crippen LogP contribution is 2.07. The Hall–Kier alpha value is -1.10. The summed E-state index contributed by atoms with van der Waals surface area (Å²) in [5.74, 6) is 1.41. The van der Waals surface area contributed by atoms with Crippen LogP contribution in [0.2, 0.25) is 0 Å². The van der Waals surface area contributed by atoms with Crippen LogP contribution in [0.5, 0.6) is 0 Å². The van der Waals surface area contributed by atoms with Gasteiger partial charge in [-0.15, -0.1) is 0 Å². The minimum absolute atomic E-state index is 0.351. The molecule has 88 valence electrons. The molecule has 0 N–H and O–H groups in total. The maximum atomic E-state index is 11.5. The molecule has 0 atom stereocenters. The number of nitrogens with zero attached hydrogens (tertiary/aromatic N) is 2. The lowest BCUT2D eigenvalue weighted by Crippen LogP contribution is -2.10. The molecule has 0 saturated carbocycles. The molecule has 0 amide bonds. The fourth-order valence-electron chi connectivity index (χ4n) is 1.24. The zero-order chi connectivity index (χ0) is 12.0. The van der Waals surface area contributed by atoms with Crippen molar-refractivity contribution in [3.63, 3.8) is 0 Å². The van der Waals surface area contributed by atoms with Crippen LogP contribution in [0.4, 0.5) is 0 Å². The SMILES string of the molecule is CCOC(=O)c1cnc(CCSC)nc1C. The van der Waals surface area contributed by atoms with E-state index in [9.17, 15) is 4.79 Å². The summed E-state index contributed by atoms with van der Waals surface area (Å²) in [4.78, 5) is 19.9. The van der Waals surface area contributed by atoms with Crippen molar-refractivity contribution in [2.75, 3.05) is 18.6 Å². The molecule has 1 aromatic heterocycles. The van der Waals surface area contributed by atoms with E-state index in [-0.39, 0.29) is 5.97 Å². The number of aromatic nitrogens is 2. The van der Waals surface area contributed by atoms with Crippen LogP contribution in [0.3, 0.4) is 0 Å². The minimum Gasteiger partial charge on any atom is -0.462 e. The molecule has 0 aromatic carbocycles. The highest BCUT2D eigenvalue weighted by atomic mass is 32.2. The van der Waals surface area contributed by atoms with E-state index in [0.29, 0.717) is 17.9 Å². The van der Waals surface area contributed by atoms with Crippen molar-refractivity contribution >= 4 is 17.7 Å². The zero-order valence-electron chi connectivity index (χ0n) is 9.82. The van der Waals surface area contributed by atoms with E-state index in [2.05, 4.69) is 9.97 Å². The van der Waals surface area contributed by atoms with E-state index >= 15 is 0 Å². The van der Waals surface area contributed by atoms with E-state index in [1.54, 1.807) is 31.8 Å². The van der Waals surface area contributed by atoms with Crippen molar-refractivity contribution in [3.8, 4) is 0 Å². The van der Waals surface area contributed by atoms with Crippen LogP contribution in [0.15, 0.2) is 6.20 Å². The molecule has 0 bridgehead atoms. The Kier molecular flexibility index (Phi) is 5.25. The van der Waals surface area contributed by atoms with Crippen molar-refractivity contribution < 1.29 is 9.53 Å². The first-order valence-electron chi connectivity index (χ1n) is 5.17. The molecule has 0 aliphatic rings. The van der Waals surface area contributed by atoms with Crippen LogP contribution in [-0.2, 0) is 11.2 Å².